The van der Waals surface area contributed by atoms with Crippen LogP contribution in [0.4, 0.5) is 13.8 Å². The average molecular weight is 350 g/mol. The van der Waals surface area contributed by atoms with Gasteiger partial charge in [-0.1, -0.05) is 0 Å². The number of hydrogen-bond acceptors (Lipinski definition) is 4. The molecule has 1 aliphatic carbocycles. The van der Waals surface area contributed by atoms with E-state index in [1.807, 2.05) is 0 Å². The summed E-state index contributed by atoms with van der Waals surface area (Å²) in [6.07, 6.45) is 2.87. The van der Waals surface area contributed by atoms with Crippen molar-refractivity contribution in [2.75, 3.05) is 11.1 Å². The summed E-state index contributed by atoms with van der Waals surface area (Å²) in [5.74, 6) is -1.65. The van der Waals surface area contributed by atoms with Gasteiger partial charge in [-0.05, 0) is 37.0 Å². The van der Waals surface area contributed by atoms with Gasteiger partial charge in [0.1, 0.15) is 22.7 Å². The van der Waals surface area contributed by atoms with Gasteiger partial charge in [0, 0.05) is 15.8 Å². The van der Waals surface area contributed by atoms with Gasteiger partial charge in [-0.25, -0.2) is 8.78 Å². The molecule has 3 nitrogen and oxygen atoms in total. The second kappa shape index (κ2) is 6.69. The SMILES string of the molecule is N#Cc1c(NC(=O)CSc2ccc(F)cc2F)sc2c1CCC2. The maximum Gasteiger partial charge on any atom is 0.235 e. The number of anilines is 1. The fourth-order valence-corrected chi connectivity index (χ4v) is 4.48. The lowest BCUT2D eigenvalue weighted by Crippen LogP contribution is -2.14. The number of benzene rings is 1. The first kappa shape index (κ1) is 16.0. The first-order valence-electron chi connectivity index (χ1n) is 7.01. The zero-order chi connectivity index (χ0) is 16.4. The van der Waals surface area contributed by atoms with Crippen molar-refractivity contribution in [2.45, 2.75) is 24.2 Å². The van der Waals surface area contributed by atoms with Gasteiger partial charge in [0.05, 0.1) is 11.3 Å². The summed E-state index contributed by atoms with van der Waals surface area (Å²) in [5.41, 5.74) is 1.60. The quantitative estimate of drug-likeness (QED) is 0.844. The molecule has 0 spiro atoms. The zero-order valence-electron chi connectivity index (χ0n) is 12.0. The number of aryl methyl sites for hydroxylation is 1. The van der Waals surface area contributed by atoms with Crippen molar-refractivity contribution in [3.63, 3.8) is 0 Å². The largest absolute Gasteiger partial charge is 0.316 e. The Morgan fingerprint density at radius 1 is 1.39 bits per heavy atom. The highest BCUT2D eigenvalue weighted by Gasteiger charge is 2.23. The number of thioether (sulfide) groups is 1. The van der Waals surface area contributed by atoms with E-state index < -0.39 is 11.6 Å². The fourth-order valence-electron chi connectivity index (χ4n) is 2.51. The van der Waals surface area contributed by atoms with Crippen LogP contribution in [0.1, 0.15) is 22.4 Å². The van der Waals surface area contributed by atoms with Gasteiger partial charge in [0.15, 0.2) is 0 Å². The summed E-state index contributed by atoms with van der Waals surface area (Å²) in [7, 11) is 0. The predicted octanol–water partition coefficient (Wildman–Crippen LogP) is 4.12. The van der Waals surface area contributed by atoms with E-state index in [0.29, 0.717) is 10.6 Å². The summed E-state index contributed by atoms with van der Waals surface area (Å²) in [4.78, 5) is 13.4. The third-order valence-electron chi connectivity index (χ3n) is 3.54. The van der Waals surface area contributed by atoms with Crippen LogP contribution in [0, 0.1) is 23.0 Å². The van der Waals surface area contributed by atoms with Gasteiger partial charge >= 0.3 is 0 Å². The minimum absolute atomic E-state index is 0.00398. The molecule has 0 saturated heterocycles. The molecule has 1 amide bonds. The molecule has 0 radical (unpaired) electrons. The molecule has 23 heavy (non-hydrogen) atoms. The lowest BCUT2D eigenvalue weighted by Gasteiger charge is -2.05. The van der Waals surface area contributed by atoms with Crippen LogP contribution in [0.3, 0.4) is 0 Å². The van der Waals surface area contributed by atoms with Gasteiger partial charge in [0.2, 0.25) is 5.91 Å². The number of nitrogens with zero attached hydrogens (tertiary/aromatic N) is 1. The van der Waals surface area contributed by atoms with Crippen molar-refractivity contribution < 1.29 is 13.6 Å². The lowest BCUT2D eigenvalue weighted by molar-refractivity contribution is -0.113. The Balaban J connectivity index is 1.65. The number of carbonyl (C=O) groups is 1. The minimum atomic E-state index is -0.685. The molecule has 1 aromatic heterocycles. The smallest absolute Gasteiger partial charge is 0.235 e. The van der Waals surface area contributed by atoms with Crippen LogP contribution in [0.5, 0.6) is 0 Å². The number of fused-ring (bicyclic) bond motifs is 1. The monoisotopic (exact) mass is 350 g/mol. The van der Waals surface area contributed by atoms with E-state index in [-0.39, 0.29) is 16.6 Å². The van der Waals surface area contributed by atoms with E-state index in [9.17, 15) is 18.8 Å². The lowest BCUT2D eigenvalue weighted by atomic mass is 10.1. The third kappa shape index (κ3) is 3.38. The predicted molar refractivity (Wildman–Crippen MR) is 86.8 cm³/mol. The normalized spacial score (nSPS) is 12.7. The summed E-state index contributed by atoms with van der Waals surface area (Å²) < 4.78 is 26.4. The van der Waals surface area contributed by atoms with Crippen molar-refractivity contribution >= 4 is 34.0 Å². The molecule has 0 unspecified atom stereocenters. The summed E-state index contributed by atoms with van der Waals surface area (Å²) >= 11 is 2.44. The Bertz CT molecular complexity index is 811. The molecule has 7 heteroatoms. The standard InChI is InChI=1S/C16H12F2N2OS2/c17-9-4-5-14(12(18)6-9)22-8-15(21)20-16-11(7-19)10-2-1-3-13(10)23-16/h4-6H,1-3,8H2,(H,20,21). The van der Waals surface area contributed by atoms with Crippen LogP contribution in [0.15, 0.2) is 23.1 Å². The number of hydrogen-bond donors (Lipinski definition) is 1. The second-order valence-corrected chi connectivity index (χ2v) is 7.21. The minimum Gasteiger partial charge on any atom is -0.316 e. The number of nitriles is 1. The van der Waals surface area contributed by atoms with E-state index >= 15 is 0 Å². The fraction of sp³-hybridized carbons (Fsp3) is 0.250. The maximum atomic E-state index is 13.5. The van der Waals surface area contributed by atoms with Crippen molar-refractivity contribution in [3.8, 4) is 6.07 Å². The second-order valence-electron chi connectivity index (χ2n) is 5.08. The first-order chi connectivity index (χ1) is 11.1. The molecule has 1 N–H and O–H groups in total. The number of nitrogens with one attached hydrogen (secondary N) is 1. The topological polar surface area (TPSA) is 52.9 Å². The van der Waals surface area contributed by atoms with Crippen LogP contribution in [0.25, 0.3) is 0 Å². The van der Waals surface area contributed by atoms with Gasteiger partial charge < -0.3 is 5.32 Å². The molecular formula is C16H12F2N2OS2. The van der Waals surface area contributed by atoms with Crippen LogP contribution in [-0.4, -0.2) is 11.7 Å². The maximum absolute atomic E-state index is 13.5. The molecule has 1 aliphatic rings. The van der Waals surface area contributed by atoms with Crippen molar-refractivity contribution in [1.82, 2.24) is 0 Å². The molecule has 0 fully saturated rings. The summed E-state index contributed by atoms with van der Waals surface area (Å²) in [5, 5.41) is 12.6. The van der Waals surface area contributed by atoms with Crippen LogP contribution in [0.2, 0.25) is 0 Å². The van der Waals surface area contributed by atoms with Gasteiger partial charge in [0.25, 0.3) is 0 Å². The van der Waals surface area contributed by atoms with Crippen LogP contribution < -0.4 is 5.32 Å². The molecule has 118 valence electrons. The van der Waals surface area contributed by atoms with Crippen molar-refractivity contribution in [2.24, 2.45) is 0 Å². The van der Waals surface area contributed by atoms with E-state index in [0.717, 1.165) is 53.6 Å². The molecule has 0 bridgehead atoms. The number of amides is 1. The third-order valence-corrected chi connectivity index (χ3v) is 5.79. The highest BCUT2D eigenvalue weighted by atomic mass is 32.2. The Kier molecular flexibility index (Phi) is 4.64. The zero-order valence-corrected chi connectivity index (χ0v) is 13.6. The van der Waals surface area contributed by atoms with Crippen LogP contribution >= 0.6 is 23.1 Å². The number of rotatable bonds is 4. The van der Waals surface area contributed by atoms with Gasteiger partial charge in [-0.2, -0.15) is 5.26 Å². The van der Waals surface area contributed by atoms with Crippen LogP contribution in [-0.2, 0) is 17.6 Å². The molecular weight excluding hydrogens is 338 g/mol. The first-order valence-corrected chi connectivity index (χ1v) is 8.81. The Morgan fingerprint density at radius 2 is 2.22 bits per heavy atom. The van der Waals surface area contributed by atoms with E-state index in [4.69, 9.17) is 0 Å². The van der Waals surface area contributed by atoms with Gasteiger partial charge in [-0.15, -0.1) is 23.1 Å². The van der Waals surface area contributed by atoms with Gasteiger partial charge in [-0.3, -0.25) is 4.79 Å². The molecule has 3 rings (SSSR count). The molecule has 0 saturated carbocycles. The molecule has 0 aliphatic heterocycles. The van der Waals surface area contributed by atoms with Crippen molar-refractivity contribution in [3.05, 3.63) is 45.8 Å². The highest BCUT2D eigenvalue weighted by Crippen LogP contribution is 2.38. The Labute approximate surface area is 140 Å². The number of thiophene rings is 1. The molecule has 0 atom stereocenters. The average Bonchev–Trinajstić information content (AvgIpc) is 3.06. The highest BCUT2D eigenvalue weighted by molar-refractivity contribution is 8.00. The Morgan fingerprint density at radius 3 is 2.96 bits per heavy atom. The molecule has 1 aromatic carbocycles. The van der Waals surface area contributed by atoms with E-state index in [1.54, 1.807) is 0 Å². The molecule has 1 heterocycles. The van der Waals surface area contributed by atoms with Crippen molar-refractivity contribution in [1.29, 1.82) is 5.26 Å². The number of halogens is 2. The Hall–Kier alpha value is -1.91. The summed E-state index contributed by atoms with van der Waals surface area (Å²) in [6, 6.07) is 5.41. The molecule has 2 aromatic rings. The number of carbonyl (C=O) groups excluding carboxylic acids is 1. The van der Waals surface area contributed by atoms with E-state index in [1.165, 1.54) is 17.4 Å². The van der Waals surface area contributed by atoms with E-state index in [2.05, 4.69) is 11.4 Å². The summed E-state index contributed by atoms with van der Waals surface area (Å²) in [6.45, 7) is 0.